The van der Waals surface area contributed by atoms with Gasteiger partial charge in [0, 0.05) is 27.1 Å². The van der Waals surface area contributed by atoms with Gasteiger partial charge in [-0.3, -0.25) is 14.6 Å². The number of benzene rings is 2. The quantitative estimate of drug-likeness (QED) is 0.480. The van der Waals surface area contributed by atoms with Crippen LogP contribution in [0, 0.1) is 0 Å². The van der Waals surface area contributed by atoms with E-state index in [1.54, 1.807) is 48.5 Å². The van der Waals surface area contributed by atoms with E-state index < -0.39 is 40.5 Å². The fourth-order valence-electron chi connectivity index (χ4n) is 3.23. The van der Waals surface area contributed by atoms with Crippen LogP contribution in [0.15, 0.2) is 64.6 Å². The van der Waals surface area contributed by atoms with E-state index in [2.05, 4.69) is 10.4 Å². The molecule has 1 aliphatic rings. The second kappa shape index (κ2) is 10.4. The van der Waals surface area contributed by atoms with Gasteiger partial charge in [0.15, 0.2) is 6.61 Å². The molecule has 2 aromatic rings. The second-order valence-corrected chi connectivity index (χ2v) is 9.72. The highest BCUT2D eigenvalue weighted by molar-refractivity contribution is 7.89. The van der Waals surface area contributed by atoms with Gasteiger partial charge < -0.3 is 15.8 Å². The highest BCUT2D eigenvalue weighted by Crippen LogP contribution is 2.24. The number of amides is 2. The second-order valence-electron chi connectivity index (χ2n) is 7.60. The number of carbonyl (C=O) groups excluding carboxylic acids is 3. The predicted molar refractivity (Wildman–Crippen MR) is 124 cm³/mol. The molecule has 3 rings (SSSR count). The molecule has 0 radical (unpaired) electrons. The molecule has 0 saturated carbocycles. The summed E-state index contributed by atoms with van der Waals surface area (Å²) in [5.74, 6) is -2.13. The third-order valence-corrected chi connectivity index (χ3v) is 6.95. The first-order chi connectivity index (χ1) is 16.1. The van der Waals surface area contributed by atoms with Crippen LogP contribution < -0.4 is 16.1 Å². The molecule has 34 heavy (non-hydrogen) atoms. The molecule has 1 heterocycles. The number of sulfonamides is 1. The molecular formula is C22H25N5O6S. The lowest BCUT2D eigenvalue weighted by Crippen LogP contribution is -2.39. The van der Waals surface area contributed by atoms with E-state index in [0.29, 0.717) is 11.3 Å². The summed E-state index contributed by atoms with van der Waals surface area (Å²) in [4.78, 5) is 36.5. The largest absolute Gasteiger partial charge is 0.451 e. The van der Waals surface area contributed by atoms with Crippen molar-refractivity contribution in [1.29, 1.82) is 0 Å². The van der Waals surface area contributed by atoms with Crippen LogP contribution in [-0.2, 0) is 35.7 Å². The number of rotatable bonds is 9. The molecular weight excluding hydrogens is 462 g/mol. The molecule has 3 N–H and O–H groups in total. The molecule has 0 aromatic heterocycles. The molecule has 1 aliphatic heterocycles. The van der Waals surface area contributed by atoms with Crippen LogP contribution >= 0.6 is 0 Å². The summed E-state index contributed by atoms with van der Waals surface area (Å²) in [6.45, 7) is -0.681. The summed E-state index contributed by atoms with van der Waals surface area (Å²) in [5.41, 5.74) is 6.38. The van der Waals surface area contributed by atoms with Crippen LogP contribution in [0.25, 0.3) is 0 Å². The molecule has 0 bridgehead atoms. The fourth-order valence-corrected chi connectivity index (χ4v) is 4.35. The topological polar surface area (TPSA) is 151 Å². The van der Waals surface area contributed by atoms with E-state index in [1.807, 2.05) is 0 Å². The number of hydrogen-bond acceptors (Lipinski definition) is 8. The Kier molecular flexibility index (Phi) is 7.64. The first kappa shape index (κ1) is 24.9. The van der Waals surface area contributed by atoms with Crippen LogP contribution in [0.1, 0.15) is 12.0 Å². The lowest BCUT2D eigenvalue weighted by atomic mass is 10.1. The van der Waals surface area contributed by atoms with Crippen molar-refractivity contribution in [2.75, 3.05) is 25.7 Å². The maximum atomic E-state index is 12.5. The number of primary amides is 1. The van der Waals surface area contributed by atoms with Crippen molar-refractivity contribution in [1.82, 2.24) is 9.62 Å². The van der Waals surface area contributed by atoms with Gasteiger partial charge >= 0.3 is 5.97 Å². The fraction of sp³-hybridized carbons (Fsp3) is 0.273. The van der Waals surface area contributed by atoms with Crippen molar-refractivity contribution >= 4 is 39.2 Å². The Morgan fingerprint density at radius 3 is 2.41 bits per heavy atom. The Morgan fingerprint density at radius 2 is 1.76 bits per heavy atom. The van der Waals surface area contributed by atoms with Gasteiger partial charge in [-0.25, -0.2) is 17.5 Å². The van der Waals surface area contributed by atoms with E-state index in [1.165, 1.54) is 25.2 Å². The number of hydrogen-bond donors (Lipinski definition) is 2. The van der Waals surface area contributed by atoms with Crippen molar-refractivity contribution in [2.24, 2.45) is 10.8 Å². The molecule has 1 unspecified atom stereocenters. The monoisotopic (exact) mass is 487 g/mol. The van der Waals surface area contributed by atoms with Gasteiger partial charge in [0.05, 0.1) is 10.6 Å². The number of nitrogens with zero attached hydrogens (tertiary/aromatic N) is 3. The van der Waals surface area contributed by atoms with Crippen LogP contribution in [0.4, 0.5) is 5.69 Å². The Labute approximate surface area is 197 Å². The minimum Gasteiger partial charge on any atom is -0.451 e. The molecule has 2 amide bonds. The lowest BCUT2D eigenvalue weighted by Gasteiger charge is -2.20. The maximum Gasteiger partial charge on any atom is 0.355 e. The normalized spacial score (nSPS) is 15.7. The number of ether oxygens (including phenoxy) is 1. The van der Waals surface area contributed by atoms with Gasteiger partial charge in [0.1, 0.15) is 11.8 Å². The van der Waals surface area contributed by atoms with E-state index in [0.717, 1.165) is 4.31 Å². The number of nitrogens with two attached hydrogens (primary N) is 1. The van der Waals surface area contributed by atoms with Crippen LogP contribution in [-0.4, -0.2) is 63.0 Å². The molecule has 0 saturated heterocycles. The summed E-state index contributed by atoms with van der Waals surface area (Å²) in [7, 11) is -0.866. The van der Waals surface area contributed by atoms with Crippen LogP contribution in [0.5, 0.6) is 0 Å². The third kappa shape index (κ3) is 5.58. The van der Waals surface area contributed by atoms with Crippen molar-refractivity contribution in [3.05, 3.63) is 60.2 Å². The molecule has 1 atom stereocenters. The van der Waals surface area contributed by atoms with Crippen molar-refractivity contribution in [2.45, 2.75) is 23.9 Å². The zero-order chi connectivity index (χ0) is 24.9. The average Bonchev–Trinajstić information content (AvgIpc) is 3.28. The maximum absolute atomic E-state index is 12.5. The smallest absolute Gasteiger partial charge is 0.355 e. The molecule has 180 valence electrons. The summed E-state index contributed by atoms with van der Waals surface area (Å²) in [5, 5.41) is 8.04. The molecule has 12 heteroatoms. The highest BCUT2D eigenvalue weighted by atomic mass is 32.2. The first-order valence-electron chi connectivity index (χ1n) is 10.3. The average molecular weight is 488 g/mol. The molecule has 0 aliphatic carbocycles. The SMILES string of the molecule is CN(C)S(=O)(=O)c1ccccc1CNC(=O)COC(=O)C1=NN(c2ccccc2)C(C(N)=O)C1. The number of para-hydroxylation sites is 1. The number of hydrazone groups is 1. The van der Waals surface area contributed by atoms with Gasteiger partial charge in [0.2, 0.25) is 15.9 Å². The lowest BCUT2D eigenvalue weighted by molar-refractivity contribution is -0.142. The Bertz CT molecular complexity index is 1210. The Morgan fingerprint density at radius 1 is 1.12 bits per heavy atom. The standard InChI is InChI=1S/C22H25N5O6S/c1-26(2)34(31,32)19-11-7-6-8-15(19)13-24-20(28)14-33-22(30)17-12-18(21(23)29)27(25-17)16-9-4-3-5-10-16/h3-11,18H,12-14H2,1-2H3,(H2,23,29)(H,24,28). The van der Waals surface area contributed by atoms with Crippen molar-refractivity contribution in [3.8, 4) is 0 Å². The van der Waals surface area contributed by atoms with Gasteiger partial charge in [0.25, 0.3) is 5.91 Å². The summed E-state index contributed by atoms with van der Waals surface area (Å²) in [6.07, 6.45) is -0.0551. The van der Waals surface area contributed by atoms with Crippen molar-refractivity contribution in [3.63, 3.8) is 0 Å². The van der Waals surface area contributed by atoms with E-state index in [-0.39, 0.29) is 23.6 Å². The molecule has 0 fully saturated rings. The minimum atomic E-state index is -3.69. The summed E-state index contributed by atoms with van der Waals surface area (Å²) < 4.78 is 31.0. The molecule has 2 aromatic carbocycles. The third-order valence-electron chi connectivity index (χ3n) is 5.04. The van der Waals surface area contributed by atoms with E-state index in [9.17, 15) is 22.8 Å². The van der Waals surface area contributed by atoms with Gasteiger partial charge in [-0.15, -0.1) is 0 Å². The molecule has 0 spiro atoms. The predicted octanol–water partition coefficient (Wildman–Crippen LogP) is 0.217. The van der Waals surface area contributed by atoms with E-state index >= 15 is 0 Å². The summed E-state index contributed by atoms with van der Waals surface area (Å²) in [6, 6.07) is 14.2. The van der Waals surface area contributed by atoms with E-state index in [4.69, 9.17) is 10.5 Å². The highest BCUT2D eigenvalue weighted by Gasteiger charge is 2.35. The van der Waals surface area contributed by atoms with Crippen LogP contribution in [0.2, 0.25) is 0 Å². The van der Waals surface area contributed by atoms with Gasteiger partial charge in [-0.2, -0.15) is 5.10 Å². The minimum absolute atomic E-state index is 0.0390. The Balaban J connectivity index is 1.60. The number of nitrogens with one attached hydrogen (secondary N) is 1. The zero-order valence-electron chi connectivity index (χ0n) is 18.7. The molecule has 11 nitrogen and oxygen atoms in total. The van der Waals surface area contributed by atoms with Crippen LogP contribution in [0.3, 0.4) is 0 Å². The van der Waals surface area contributed by atoms with Gasteiger partial charge in [-0.05, 0) is 23.8 Å². The van der Waals surface area contributed by atoms with Crippen molar-refractivity contribution < 1.29 is 27.5 Å². The Hall–Kier alpha value is -3.77. The van der Waals surface area contributed by atoms with Gasteiger partial charge in [-0.1, -0.05) is 36.4 Å². The zero-order valence-corrected chi connectivity index (χ0v) is 19.5. The summed E-state index contributed by atoms with van der Waals surface area (Å²) >= 11 is 0. The first-order valence-corrected chi connectivity index (χ1v) is 11.7. The number of carbonyl (C=O) groups is 3. The number of anilines is 1. The number of esters is 1.